The summed E-state index contributed by atoms with van der Waals surface area (Å²) in [4.78, 5) is 4.31. The van der Waals surface area contributed by atoms with E-state index in [9.17, 15) is 0 Å². The van der Waals surface area contributed by atoms with E-state index in [-0.39, 0.29) is 0 Å². The Morgan fingerprint density at radius 2 is 2.29 bits per heavy atom. The molecule has 0 aliphatic heterocycles. The first-order valence-electron chi connectivity index (χ1n) is 4.47. The van der Waals surface area contributed by atoms with Gasteiger partial charge in [-0.1, -0.05) is 30.7 Å². The predicted molar refractivity (Wildman–Crippen MR) is 56.2 cm³/mol. The Morgan fingerprint density at radius 1 is 1.43 bits per heavy atom. The van der Waals surface area contributed by atoms with Crippen LogP contribution in [0.5, 0.6) is 0 Å². The van der Waals surface area contributed by atoms with Crippen molar-refractivity contribution in [2.45, 2.75) is 13.3 Å². The predicted octanol–water partition coefficient (Wildman–Crippen LogP) is 2.69. The highest BCUT2D eigenvalue weighted by Gasteiger charge is 2.04. The molecule has 4 heteroatoms. The number of nitrogens with one attached hydrogen (secondary N) is 1. The van der Waals surface area contributed by atoms with Crippen LogP contribution in [0.15, 0.2) is 24.3 Å². The van der Waals surface area contributed by atoms with Crippen LogP contribution >= 0.6 is 11.6 Å². The Morgan fingerprint density at radius 3 is 2.93 bits per heavy atom. The summed E-state index contributed by atoms with van der Waals surface area (Å²) >= 11 is 5.87. The van der Waals surface area contributed by atoms with Crippen LogP contribution in [-0.4, -0.2) is 15.2 Å². The van der Waals surface area contributed by atoms with Crippen LogP contribution in [0.25, 0.3) is 11.4 Å². The maximum Gasteiger partial charge on any atom is 0.181 e. The number of halogens is 1. The number of aromatic nitrogens is 3. The molecule has 1 aromatic carbocycles. The molecule has 0 spiro atoms. The number of hydrogen-bond donors (Lipinski definition) is 1. The molecule has 14 heavy (non-hydrogen) atoms. The number of aryl methyl sites for hydroxylation is 1. The van der Waals surface area contributed by atoms with E-state index in [1.165, 1.54) is 0 Å². The van der Waals surface area contributed by atoms with E-state index in [0.717, 1.165) is 17.8 Å². The van der Waals surface area contributed by atoms with Gasteiger partial charge in [0.1, 0.15) is 5.82 Å². The lowest BCUT2D eigenvalue weighted by molar-refractivity contribution is 0.946. The van der Waals surface area contributed by atoms with Crippen molar-refractivity contribution < 1.29 is 0 Å². The normalized spacial score (nSPS) is 10.4. The fourth-order valence-electron chi connectivity index (χ4n) is 1.21. The van der Waals surface area contributed by atoms with E-state index in [4.69, 9.17) is 11.6 Å². The van der Waals surface area contributed by atoms with Crippen LogP contribution in [0.3, 0.4) is 0 Å². The van der Waals surface area contributed by atoms with Crippen LogP contribution in [-0.2, 0) is 6.42 Å². The molecule has 3 nitrogen and oxygen atoms in total. The van der Waals surface area contributed by atoms with Gasteiger partial charge in [-0.2, -0.15) is 5.10 Å². The Balaban J connectivity index is 2.39. The topological polar surface area (TPSA) is 41.6 Å². The minimum absolute atomic E-state index is 0.698. The van der Waals surface area contributed by atoms with Crippen molar-refractivity contribution in [3.8, 4) is 11.4 Å². The van der Waals surface area contributed by atoms with Gasteiger partial charge in [-0.3, -0.25) is 5.10 Å². The van der Waals surface area contributed by atoms with Crippen molar-refractivity contribution in [1.82, 2.24) is 15.2 Å². The summed E-state index contributed by atoms with van der Waals surface area (Å²) in [7, 11) is 0. The Bertz CT molecular complexity index is 436. The third-order valence-electron chi connectivity index (χ3n) is 1.95. The summed E-state index contributed by atoms with van der Waals surface area (Å²) in [6.45, 7) is 2.03. The average Bonchev–Trinajstić information content (AvgIpc) is 2.66. The van der Waals surface area contributed by atoms with Gasteiger partial charge >= 0.3 is 0 Å². The second kappa shape index (κ2) is 3.80. The molecule has 2 rings (SSSR count). The van der Waals surface area contributed by atoms with Gasteiger partial charge in [0.05, 0.1) is 0 Å². The molecule has 0 saturated carbocycles. The van der Waals surface area contributed by atoms with Gasteiger partial charge in [0.25, 0.3) is 0 Å². The lowest BCUT2D eigenvalue weighted by Crippen LogP contribution is -1.82. The molecule has 0 aliphatic carbocycles. The molecule has 0 aliphatic rings. The van der Waals surface area contributed by atoms with Gasteiger partial charge in [0, 0.05) is 17.0 Å². The lowest BCUT2D eigenvalue weighted by atomic mass is 10.2. The van der Waals surface area contributed by atoms with Crippen LogP contribution in [0, 0.1) is 0 Å². The van der Waals surface area contributed by atoms with E-state index < -0.39 is 0 Å². The molecule has 0 radical (unpaired) electrons. The van der Waals surface area contributed by atoms with Crippen molar-refractivity contribution >= 4 is 11.6 Å². The second-order valence-corrected chi connectivity index (χ2v) is 3.41. The van der Waals surface area contributed by atoms with Crippen LogP contribution in [0.1, 0.15) is 12.7 Å². The summed E-state index contributed by atoms with van der Waals surface area (Å²) in [6, 6.07) is 7.51. The number of hydrogen-bond acceptors (Lipinski definition) is 2. The van der Waals surface area contributed by atoms with Gasteiger partial charge < -0.3 is 0 Å². The molecule has 0 amide bonds. The van der Waals surface area contributed by atoms with E-state index >= 15 is 0 Å². The minimum atomic E-state index is 0.698. The summed E-state index contributed by atoms with van der Waals surface area (Å²) in [6.07, 6.45) is 0.855. The highest BCUT2D eigenvalue weighted by atomic mass is 35.5. The first kappa shape index (κ1) is 9.21. The zero-order valence-corrected chi connectivity index (χ0v) is 8.54. The summed E-state index contributed by atoms with van der Waals surface area (Å²) in [5.74, 6) is 1.59. The number of nitrogens with zero attached hydrogens (tertiary/aromatic N) is 2. The second-order valence-electron chi connectivity index (χ2n) is 2.97. The van der Waals surface area contributed by atoms with Crippen LogP contribution in [0.2, 0.25) is 5.02 Å². The maximum atomic E-state index is 5.87. The highest BCUT2D eigenvalue weighted by Crippen LogP contribution is 2.18. The molecule has 1 aromatic heterocycles. The third-order valence-corrected chi connectivity index (χ3v) is 2.18. The first-order valence-corrected chi connectivity index (χ1v) is 4.84. The largest absolute Gasteiger partial charge is 0.263 e. The fraction of sp³-hybridized carbons (Fsp3) is 0.200. The minimum Gasteiger partial charge on any atom is -0.263 e. The van der Waals surface area contributed by atoms with Crippen LogP contribution in [0.4, 0.5) is 0 Å². The molecule has 0 bridgehead atoms. The van der Waals surface area contributed by atoms with Crippen molar-refractivity contribution in [2.75, 3.05) is 0 Å². The smallest absolute Gasteiger partial charge is 0.181 e. The van der Waals surface area contributed by atoms with Gasteiger partial charge in [0.2, 0.25) is 0 Å². The molecule has 0 unspecified atom stereocenters. The molecule has 2 aromatic rings. The first-order chi connectivity index (χ1) is 6.79. The fourth-order valence-corrected chi connectivity index (χ4v) is 1.40. The van der Waals surface area contributed by atoms with Crippen LogP contribution < -0.4 is 0 Å². The Kier molecular flexibility index (Phi) is 2.50. The number of aromatic amines is 1. The van der Waals surface area contributed by atoms with Gasteiger partial charge in [-0.25, -0.2) is 4.98 Å². The lowest BCUT2D eigenvalue weighted by Gasteiger charge is -1.94. The summed E-state index contributed by atoms with van der Waals surface area (Å²) in [5, 5.41) is 7.67. The van der Waals surface area contributed by atoms with E-state index in [1.54, 1.807) is 0 Å². The molecule has 1 N–H and O–H groups in total. The van der Waals surface area contributed by atoms with Crippen molar-refractivity contribution in [3.05, 3.63) is 35.1 Å². The van der Waals surface area contributed by atoms with Crippen molar-refractivity contribution in [1.29, 1.82) is 0 Å². The maximum absolute atomic E-state index is 5.87. The van der Waals surface area contributed by atoms with Crippen molar-refractivity contribution in [3.63, 3.8) is 0 Å². The number of H-pyrrole nitrogens is 1. The third kappa shape index (κ3) is 1.77. The molecular weight excluding hydrogens is 198 g/mol. The van der Waals surface area contributed by atoms with Gasteiger partial charge in [-0.15, -0.1) is 0 Å². The monoisotopic (exact) mass is 207 g/mol. The Labute approximate surface area is 87.1 Å². The molecule has 72 valence electrons. The van der Waals surface area contributed by atoms with Gasteiger partial charge in [0.15, 0.2) is 5.82 Å². The molecule has 0 fully saturated rings. The molecule has 1 heterocycles. The van der Waals surface area contributed by atoms with E-state index in [0.29, 0.717) is 10.8 Å². The zero-order valence-electron chi connectivity index (χ0n) is 7.79. The molecular formula is C10H10ClN3. The van der Waals surface area contributed by atoms with Gasteiger partial charge in [-0.05, 0) is 12.1 Å². The number of benzene rings is 1. The summed E-state index contributed by atoms with van der Waals surface area (Å²) < 4.78 is 0. The standard InChI is InChI=1S/C10H10ClN3/c1-2-9-12-10(14-13-9)7-4-3-5-8(11)6-7/h3-6H,2H2,1H3,(H,12,13,14). The summed E-state index contributed by atoms with van der Waals surface area (Å²) in [5.41, 5.74) is 0.938. The SMILES string of the molecule is CCc1nc(-c2cccc(Cl)c2)n[nH]1. The Hall–Kier alpha value is -1.35. The van der Waals surface area contributed by atoms with E-state index in [2.05, 4.69) is 15.2 Å². The van der Waals surface area contributed by atoms with E-state index in [1.807, 2.05) is 31.2 Å². The molecule has 0 saturated heterocycles. The van der Waals surface area contributed by atoms with Crippen molar-refractivity contribution in [2.24, 2.45) is 0 Å². The number of rotatable bonds is 2. The quantitative estimate of drug-likeness (QED) is 0.823. The highest BCUT2D eigenvalue weighted by molar-refractivity contribution is 6.30. The zero-order chi connectivity index (χ0) is 9.97. The average molecular weight is 208 g/mol. The molecule has 0 atom stereocenters.